The molecule has 144 valence electrons. The highest BCUT2D eigenvalue weighted by Gasteiger charge is 2.58. The number of nitrogens with zero attached hydrogens (tertiary/aromatic N) is 2. The molecule has 2 saturated carbocycles. The smallest absolute Gasteiger partial charge is 0.243 e. The molecule has 27 heavy (non-hydrogen) atoms. The predicted molar refractivity (Wildman–Crippen MR) is 100 cm³/mol. The van der Waals surface area contributed by atoms with Crippen LogP contribution in [-0.4, -0.2) is 50.7 Å². The van der Waals surface area contributed by atoms with Crippen LogP contribution in [0.5, 0.6) is 0 Å². The lowest BCUT2D eigenvalue weighted by molar-refractivity contribution is -0.119. The van der Waals surface area contributed by atoms with Gasteiger partial charge < -0.3 is 10.2 Å². The van der Waals surface area contributed by atoms with Crippen LogP contribution >= 0.6 is 0 Å². The van der Waals surface area contributed by atoms with E-state index < -0.39 is 10.0 Å². The molecule has 0 radical (unpaired) electrons. The summed E-state index contributed by atoms with van der Waals surface area (Å²) in [6, 6.07) is 6.52. The Morgan fingerprint density at radius 1 is 1.19 bits per heavy atom. The Hall–Kier alpha value is -2.19. The number of piperidine rings is 1. The first-order chi connectivity index (χ1) is 12.8. The maximum absolute atomic E-state index is 12.9. The van der Waals surface area contributed by atoms with E-state index in [1.165, 1.54) is 10.4 Å². The Balaban J connectivity index is 1.41. The zero-order chi connectivity index (χ0) is 19.3. The molecule has 7 nitrogen and oxygen atoms in total. The normalized spacial score (nSPS) is 26.9. The van der Waals surface area contributed by atoms with Gasteiger partial charge in [-0.1, -0.05) is 6.58 Å². The van der Waals surface area contributed by atoms with E-state index in [1.807, 2.05) is 0 Å². The van der Waals surface area contributed by atoms with E-state index in [9.17, 15) is 18.0 Å². The van der Waals surface area contributed by atoms with E-state index in [4.69, 9.17) is 0 Å². The van der Waals surface area contributed by atoms with E-state index >= 15 is 0 Å². The van der Waals surface area contributed by atoms with Crippen LogP contribution in [0.3, 0.4) is 0 Å². The topological polar surface area (TPSA) is 86.8 Å². The number of carbonyl (C=O) groups is 2. The van der Waals surface area contributed by atoms with Crippen LogP contribution in [0.4, 0.5) is 5.69 Å². The molecule has 3 fully saturated rings. The molecular weight excluding hydrogens is 366 g/mol. The zero-order valence-corrected chi connectivity index (χ0v) is 16.0. The van der Waals surface area contributed by atoms with Crippen LogP contribution in [-0.2, 0) is 19.6 Å². The second-order valence-corrected chi connectivity index (χ2v) is 9.49. The zero-order valence-electron chi connectivity index (χ0n) is 15.2. The average Bonchev–Trinajstić information content (AvgIpc) is 3.58. The van der Waals surface area contributed by atoms with Gasteiger partial charge in [-0.15, -0.1) is 0 Å². The molecule has 4 rings (SSSR count). The number of carbonyl (C=O) groups excluding carboxylic acids is 2. The Kier molecular flexibility index (Phi) is 4.35. The summed E-state index contributed by atoms with van der Waals surface area (Å²) in [5.74, 6) is 0.321. The fourth-order valence-electron chi connectivity index (χ4n) is 3.84. The fourth-order valence-corrected chi connectivity index (χ4v) is 5.36. The number of rotatable bonds is 6. The number of nitrogens with one attached hydrogen (secondary N) is 1. The highest BCUT2D eigenvalue weighted by Crippen LogP contribution is 2.47. The molecule has 1 heterocycles. The van der Waals surface area contributed by atoms with E-state index in [-0.39, 0.29) is 40.5 Å². The minimum Gasteiger partial charge on any atom is -0.349 e. The van der Waals surface area contributed by atoms with Gasteiger partial charge in [-0.25, -0.2) is 8.42 Å². The van der Waals surface area contributed by atoms with Crippen molar-refractivity contribution in [1.29, 1.82) is 0 Å². The lowest BCUT2D eigenvalue weighted by Gasteiger charge is -2.21. The van der Waals surface area contributed by atoms with Crippen LogP contribution in [0.1, 0.15) is 12.8 Å². The second kappa shape index (κ2) is 6.45. The van der Waals surface area contributed by atoms with Crippen molar-refractivity contribution in [2.24, 2.45) is 17.8 Å². The van der Waals surface area contributed by atoms with Gasteiger partial charge in [0.05, 0.1) is 4.90 Å². The van der Waals surface area contributed by atoms with Crippen molar-refractivity contribution in [2.45, 2.75) is 23.8 Å². The third-order valence-corrected chi connectivity index (χ3v) is 7.62. The average molecular weight is 389 g/mol. The highest BCUT2D eigenvalue weighted by molar-refractivity contribution is 7.89. The standard InChI is InChI=1S/C19H23N3O4S/c1-3-17(23)20-18-15-10-22(11-16(15)18)27(25,26)14-8-6-13(7-9-14)21(2)19(24)12-4-5-12/h3,6-9,12,15-16,18H,1,4-5,10-11H2,2H3,(H,20,23). The van der Waals surface area contributed by atoms with Crippen molar-refractivity contribution in [1.82, 2.24) is 9.62 Å². The van der Waals surface area contributed by atoms with Gasteiger partial charge >= 0.3 is 0 Å². The highest BCUT2D eigenvalue weighted by atomic mass is 32.2. The van der Waals surface area contributed by atoms with E-state index in [2.05, 4.69) is 11.9 Å². The molecule has 1 aromatic carbocycles. The van der Waals surface area contributed by atoms with Crippen molar-refractivity contribution in [3.63, 3.8) is 0 Å². The molecule has 1 aromatic rings. The number of hydrogen-bond donors (Lipinski definition) is 1. The molecule has 1 saturated heterocycles. The summed E-state index contributed by atoms with van der Waals surface area (Å²) in [5.41, 5.74) is 0.697. The van der Waals surface area contributed by atoms with Gasteiger partial charge in [-0.05, 0) is 55.0 Å². The maximum Gasteiger partial charge on any atom is 0.243 e. The number of sulfonamides is 1. The molecule has 1 aliphatic heterocycles. The van der Waals surface area contributed by atoms with Gasteiger partial charge in [-0.3, -0.25) is 9.59 Å². The lowest BCUT2D eigenvalue weighted by Crippen LogP contribution is -2.37. The number of fused-ring (bicyclic) bond motifs is 1. The summed E-state index contributed by atoms with van der Waals surface area (Å²) in [4.78, 5) is 25.3. The van der Waals surface area contributed by atoms with E-state index in [0.717, 1.165) is 12.8 Å². The van der Waals surface area contributed by atoms with Crippen LogP contribution < -0.4 is 10.2 Å². The molecule has 2 aliphatic carbocycles. The first kappa shape index (κ1) is 18.2. The minimum atomic E-state index is -3.57. The van der Waals surface area contributed by atoms with Crippen LogP contribution in [0.15, 0.2) is 41.8 Å². The second-order valence-electron chi connectivity index (χ2n) is 7.55. The molecule has 0 aromatic heterocycles. The molecule has 8 heteroatoms. The van der Waals surface area contributed by atoms with Crippen molar-refractivity contribution >= 4 is 27.5 Å². The summed E-state index contributed by atoms with van der Waals surface area (Å²) < 4.78 is 27.2. The third kappa shape index (κ3) is 3.27. The molecule has 1 N–H and O–H groups in total. The van der Waals surface area contributed by atoms with Gasteiger partial charge in [0.2, 0.25) is 21.8 Å². The monoisotopic (exact) mass is 389 g/mol. The quantitative estimate of drug-likeness (QED) is 0.735. The number of hydrogen-bond acceptors (Lipinski definition) is 4. The van der Waals surface area contributed by atoms with Crippen molar-refractivity contribution in [3.05, 3.63) is 36.9 Å². The minimum absolute atomic E-state index is 0.0476. The summed E-state index contributed by atoms with van der Waals surface area (Å²) in [6.45, 7) is 4.26. The van der Waals surface area contributed by atoms with Crippen LogP contribution in [0.25, 0.3) is 0 Å². The Bertz CT molecular complexity index is 880. The van der Waals surface area contributed by atoms with Crippen LogP contribution in [0, 0.1) is 17.8 Å². The van der Waals surface area contributed by atoms with Crippen molar-refractivity contribution in [3.8, 4) is 0 Å². The molecule has 2 atom stereocenters. The maximum atomic E-state index is 12.9. The van der Waals surface area contributed by atoms with Gasteiger partial charge in [0.1, 0.15) is 0 Å². The number of amides is 2. The Morgan fingerprint density at radius 3 is 2.30 bits per heavy atom. The SMILES string of the molecule is C=CC(=O)NC1C2CN(S(=O)(=O)c3ccc(N(C)C(=O)C4CC4)cc3)CC21. The molecule has 0 spiro atoms. The van der Waals surface area contributed by atoms with Gasteiger partial charge in [0, 0.05) is 37.8 Å². The molecule has 3 aliphatic rings. The molecule has 0 bridgehead atoms. The van der Waals surface area contributed by atoms with Crippen molar-refractivity contribution < 1.29 is 18.0 Å². The summed E-state index contributed by atoms with van der Waals surface area (Å²) in [7, 11) is -1.85. The van der Waals surface area contributed by atoms with E-state index in [1.54, 1.807) is 36.2 Å². The molecule has 2 amide bonds. The van der Waals surface area contributed by atoms with Crippen LogP contribution in [0.2, 0.25) is 0 Å². The summed E-state index contributed by atoms with van der Waals surface area (Å²) in [5, 5.41) is 2.85. The first-order valence-corrected chi connectivity index (χ1v) is 10.6. The van der Waals surface area contributed by atoms with Gasteiger partial charge in [0.15, 0.2) is 0 Å². The largest absolute Gasteiger partial charge is 0.349 e. The molecule has 2 unspecified atom stereocenters. The Morgan fingerprint density at radius 2 is 1.78 bits per heavy atom. The van der Waals surface area contributed by atoms with Gasteiger partial charge in [-0.2, -0.15) is 4.31 Å². The first-order valence-electron chi connectivity index (χ1n) is 9.13. The Labute approximate surface area is 159 Å². The van der Waals surface area contributed by atoms with E-state index in [0.29, 0.717) is 18.8 Å². The predicted octanol–water partition coefficient (Wildman–Crippen LogP) is 0.980. The van der Waals surface area contributed by atoms with Crippen molar-refractivity contribution in [2.75, 3.05) is 25.0 Å². The third-order valence-electron chi connectivity index (χ3n) is 5.77. The molecular formula is C19H23N3O4S. The number of anilines is 1. The summed E-state index contributed by atoms with van der Waals surface area (Å²) >= 11 is 0. The summed E-state index contributed by atoms with van der Waals surface area (Å²) in [6.07, 6.45) is 3.09. The fraction of sp³-hybridized carbons (Fsp3) is 0.474. The van der Waals surface area contributed by atoms with Gasteiger partial charge in [0.25, 0.3) is 0 Å². The number of benzene rings is 1. The lowest BCUT2D eigenvalue weighted by atomic mass is 10.2.